The van der Waals surface area contributed by atoms with Gasteiger partial charge < -0.3 is 10.1 Å². The maximum Gasteiger partial charge on any atom is 0.265 e. The highest BCUT2D eigenvalue weighted by atomic mass is 32.2. The number of anilines is 2. The number of sulfonamides is 1. The Labute approximate surface area is 127 Å². The first-order valence-electron chi connectivity index (χ1n) is 6.51. The van der Waals surface area contributed by atoms with Crippen LogP contribution in [-0.2, 0) is 14.8 Å². The fourth-order valence-electron chi connectivity index (χ4n) is 1.97. The monoisotopic (exact) mass is 319 g/mol. The molecular weight excluding hydrogens is 306 g/mol. The molecule has 0 saturated carbocycles. The summed E-state index contributed by atoms with van der Waals surface area (Å²) < 4.78 is 32.5. The number of hydrogen-bond acceptors (Lipinski definition) is 5. The van der Waals surface area contributed by atoms with E-state index < -0.39 is 16.1 Å². The SMILES string of the molecule is CC1Oc2cc(S(=O)(=O)Nc3ccccn3)ccc2NC1=O. The molecule has 2 N–H and O–H groups in total. The van der Waals surface area contributed by atoms with Crippen molar-refractivity contribution in [2.45, 2.75) is 17.9 Å². The van der Waals surface area contributed by atoms with Crippen LogP contribution in [0.4, 0.5) is 11.5 Å². The number of benzene rings is 1. The molecule has 1 unspecified atom stereocenters. The third-order valence-corrected chi connectivity index (χ3v) is 4.45. The first-order chi connectivity index (χ1) is 10.5. The van der Waals surface area contributed by atoms with Crippen LogP contribution in [0.1, 0.15) is 6.92 Å². The molecule has 0 aliphatic carbocycles. The van der Waals surface area contributed by atoms with Crippen molar-refractivity contribution >= 4 is 27.4 Å². The molecule has 7 nitrogen and oxygen atoms in total. The lowest BCUT2D eigenvalue weighted by Crippen LogP contribution is -2.34. The van der Waals surface area contributed by atoms with E-state index in [1.807, 2.05) is 0 Å². The lowest BCUT2D eigenvalue weighted by molar-refractivity contribution is -0.122. The fourth-order valence-corrected chi connectivity index (χ4v) is 2.99. The molecule has 3 rings (SSSR count). The van der Waals surface area contributed by atoms with Gasteiger partial charge >= 0.3 is 0 Å². The van der Waals surface area contributed by atoms with E-state index >= 15 is 0 Å². The highest BCUT2D eigenvalue weighted by molar-refractivity contribution is 7.92. The Morgan fingerprint density at radius 2 is 2.09 bits per heavy atom. The number of nitrogens with zero attached hydrogens (tertiary/aromatic N) is 1. The van der Waals surface area contributed by atoms with E-state index in [2.05, 4.69) is 15.0 Å². The molecule has 2 aromatic rings. The average Bonchev–Trinajstić information content (AvgIpc) is 2.48. The van der Waals surface area contributed by atoms with Crippen LogP contribution in [-0.4, -0.2) is 25.4 Å². The number of nitrogens with one attached hydrogen (secondary N) is 2. The third kappa shape index (κ3) is 2.73. The number of hydrogen-bond donors (Lipinski definition) is 2. The second-order valence-corrected chi connectivity index (χ2v) is 6.41. The van der Waals surface area contributed by atoms with Crippen LogP contribution >= 0.6 is 0 Å². The van der Waals surface area contributed by atoms with E-state index in [1.54, 1.807) is 25.1 Å². The van der Waals surface area contributed by atoms with Crippen LogP contribution < -0.4 is 14.8 Å². The number of amides is 1. The van der Waals surface area contributed by atoms with E-state index in [4.69, 9.17) is 4.74 Å². The summed E-state index contributed by atoms with van der Waals surface area (Å²) in [6.45, 7) is 1.59. The molecule has 0 radical (unpaired) electrons. The fraction of sp³-hybridized carbons (Fsp3) is 0.143. The minimum atomic E-state index is -3.78. The van der Waals surface area contributed by atoms with Crippen molar-refractivity contribution in [1.82, 2.24) is 4.98 Å². The zero-order valence-corrected chi connectivity index (χ0v) is 12.4. The molecule has 0 bridgehead atoms. The number of ether oxygens (including phenoxy) is 1. The Bertz CT molecular complexity index is 821. The minimum absolute atomic E-state index is 0.0280. The number of carbonyl (C=O) groups excluding carboxylic acids is 1. The van der Waals surface area contributed by atoms with Crippen molar-refractivity contribution in [3.8, 4) is 5.75 Å². The first-order valence-corrected chi connectivity index (χ1v) is 7.99. The predicted molar refractivity (Wildman–Crippen MR) is 80.2 cm³/mol. The van der Waals surface area contributed by atoms with Gasteiger partial charge in [-0.15, -0.1) is 0 Å². The van der Waals surface area contributed by atoms with Gasteiger partial charge in [-0.05, 0) is 31.2 Å². The Morgan fingerprint density at radius 3 is 2.82 bits per heavy atom. The van der Waals surface area contributed by atoms with Gasteiger partial charge in [-0.2, -0.15) is 0 Å². The summed E-state index contributed by atoms with van der Waals surface area (Å²) in [6.07, 6.45) is 0.819. The lowest BCUT2D eigenvalue weighted by atomic mass is 10.2. The van der Waals surface area contributed by atoms with Gasteiger partial charge in [0.2, 0.25) is 0 Å². The molecule has 0 spiro atoms. The first kappa shape index (κ1) is 14.3. The summed E-state index contributed by atoms with van der Waals surface area (Å²) in [5.74, 6) is 0.272. The number of aromatic nitrogens is 1. The van der Waals surface area contributed by atoms with Gasteiger partial charge in [-0.1, -0.05) is 6.07 Å². The molecule has 1 aliphatic heterocycles. The van der Waals surface area contributed by atoms with Crippen LogP contribution in [0.15, 0.2) is 47.5 Å². The van der Waals surface area contributed by atoms with Crippen molar-refractivity contribution in [1.29, 1.82) is 0 Å². The molecule has 1 atom stereocenters. The second kappa shape index (κ2) is 5.30. The minimum Gasteiger partial charge on any atom is -0.479 e. The second-order valence-electron chi connectivity index (χ2n) is 4.73. The molecule has 8 heteroatoms. The highest BCUT2D eigenvalue weighted by Crippen LogP contribution is 2.32. The summed E-state index contributed by atoms with van der Waals surface area (Å²) >= 11 is 0. The molecule has 0 fully saturated rings. The van der Waals surface area contributed by atoms with Gasteiger partial charge in [-0.3, -0.25) is 9.52 Å². The zero-order valence-electron chi connectivity index (χ0n) is 11.6. The van der Waals surface area contributed by atoms with Crippen LogP contribution in [0.25, 0.3) is 0 Å². The summed E-state index contributed by atoms with van der Waals surface area (Å²) in [7, 11) is -3.78. The van der Waals surface area contributed by atoms with Gasteiger partial charge in [0.15, 0.2) is 6.10 Å². The Kier molecular flexibility index (Phi) is 3.45. The van der Waals surface area contributed by atoms with E-state index in [9.17, 15) is 13.2 Å². The Balaban J connectivity index is 1.92. The topological polar surface area (TPSA) is 97.4 Å². The Morgan fingerprint density at radius 1 is 1.27 bits per heavy atom. The van der Waals surface area contributed by atoms with Crippen LogP contribution in [0.3, 0.4) is 0 Å². The van der Waals surface area contributed by atoms with Crippen LogP contribution in [0.2, 0.25) is 0 Å². The Hall–Kier alpha value is -2.61. The van der Waals surface area contributed by atoms with Crippen LogP contribution in [0.5, 0.6) is 5.75 Å². The molecule has 1 aliphatic rings. The molecule has 22 heavy (non-hydrogen) atoms. The molecule has 0 saturated heterocycles. The highest BCUT2D eigenvalue weighted by Gasteiger charge is 2.25. The molecule has 1 amide bonds. The van der Waals surface area contributed by atoms with E-state index in [0.717, 1.165) is 0 Å². The molecule has 1 aromatic heterocycles. The summed E-state index contributed by atoms with van der Waals surface area (Å²) in [6, 6.07) is 9.17. The molecule has 2 heterocycles. The smallest absolute Gasteiger partial charge is 0.265 e. The standard InChI is InChI=1S/C14H13N3O4S/c1-9-14(18)16-11-6-5-10(8-12(11)21-9)22(19,20)17-13-4-2-3-7-15-13/h2-9H,1H3,(H,15,17)(H,16,18). The summed E-state index contributed by atoms with van der Waals surface area (Å²) in [5.41, 5.74) is 0.444. The molecular formula is C14H13N3O4S. The number of pyridine rings is 1. The predicted octanol–water partition coefficient (Wildman–Crippen LogP) is 1.60. The number of carbonyl (C=O) groups is 1. The van der Waals surface area contributed by atoms with Crippen molar-refractivity contribution in [3.05, 3.63) is 42.6 Å². The normalized spacial score (nSPS) is 17.1. The van der Waals surface area contributed by atoms with Crippen molar-refractivity contribution < 1.29 is 17.9 Å². The van der Waals surface area contributed by atoms with E-state index in [0.29, 0.717) is 11.4 Å². The number of rotatable bonds is 3. The summed E-state index contributed by atoms with van der Waals surface area (Å²) in [4.78, 5) is 15.5. The van der Waals surface area contributed by atoms with E-state index in [1.165, 1.54) is 24.4 Å². The zero-order chi connectivity index (χ0) is 15.7. The van der Waals surface area contributed by atoms with Gasteiger partial charge in [0.25, 0.3) is 15.9 Å². The van der Waals surface area contributed by atoms with Gasteiger partial charge in [0.05, 0.1) is 10.6 Å². The maximum atomic E-state index is 12.3. The largest absolute Gasteiger partial charge is 0.479 e. The van der Waals surface area contributed by atoms with Crippen molar-refractivity contribution in [3.63, 3.8) is 0 Å². The average molecular weight is 319 g/mol. The molecule has 1 aromatic carbocycles. The molecule has 114 valence electrons. The third-order valence-electron chi connectivity index (χ3n) is 3.10. The lowest BCUT2D eigenvalue weighted by Gasteiger charge is -2.23. The van der Waals surface area contributed by atoms with Gasteiger partial charge in [0, 0.05) is 12.3 Å². The van der Waals surface area contributed by atoms with E-state index in [-0.39, 0.29) is 16.6 Å². The number of fused-ring (bicyclic) bond motifs is 1. The van der Waals surface area contributed by atoms with Crippen molar-refractivity contribution in [2.24, 2.45) is 0 Å². The van der Waals surface area contributed by atoms with Gasteiger partial charge in [-0.25, -0.2) is 13.4 Å². The van der Waals surface area contributed by atoms with Crippen LogP contribution in [0, 0.1) is 0 Å². The van der Waals surface area contributed by atoms with Crippen molar-refractivity contribution in [2.75, 3.05) is 10.0 Å². The van der Waals surface area contributed by atoms with Gasteiger partial charge in [0.1, 0.15) is 11.6 Å². The summed E-state index contributed by atoms with van der Waals surface area (Å²) in [5, 5.41) is 2.65. The quantitative estimate of drug-likeness (QED) is 0.895. The maximum absolute atomic E-state index is 12.3.